The van der Waals surface area contributed by atoms with Crippen LogP contribution in [0.2, 0.25) is 0 Å². The molecule has 0 fully saturated rings. The maximum Gasteiger partial charge on any atom is 0.328 e. The summed E-state index contributed by atoms with van der Waals surface area (Å²) in [5.41, 5.74) is 4.18. The van der Waals surface area contributed by atoms with Crippen LogP contribution in [0.25, 0.3) is 11.1 Å². The predicted octanol–water partition coefficient (Wildman–Crippen LogP) is 3.87. The fourth-order valence-corrected chi connectivity index (χ4v) is 2.19. The summed E-state index contributed by atoms with van der Waals surface area (Å²) in [5.74, 6) is -0.981. The second-order valence-electron chi connectivity index (χ2n) is 4.81. The van der Waals surface area contributed by atoms with Gasteiger partial charge in [-0.3, -0.25) is 0 Å². The average Bonchev–Trinajstić information content (AvgIpc) is 2.54. The smallest absolute Gasteiger partial charge is 0.328 e. The first kappa shape index (κ1) is 18.1. The Morgan fingerprint density at radius 3 is 2.27 bits per heavy atom. The minimum atomic E-state index is -0.981. The molecule has 2 rings (SSSR count). The maximum atomic E-state index is 9.44. The minimum Gasteiger partial charge on any atom is -0.480 e. The van der Waals surface area contributed by atoms with E-state index in [2.05, 4.69) is 76.4 Å². The van der Waals surface area contributed by atoms with Crippen LogP contribution in [0.1, 0.15) is 25.3 Å². The Hall–Kier alpha value is -1.91. The van der Waals surface area contributed by atoms with Crippen LogP contribution in [0.4, 0.5) is 0 Å². The zero-order valence-electron chi connectivity index (χ0n) is 12.8. The molecule has 0 bridgehead atoms. The fraction of sp³-hybridized carbons (Fsp3) is 0.278. The van der Waals surface area contributed by atoms with Crippen molar-refractivity contribution in [1.29, 1.82) is 0 Å². The molecule has 4 heteroatoms. The summed E-state index contributed by atoms with van der Waals surface area (Å²) in [6, 6.07) is 19.4. The van der Waals surface area contributed by atoms with Crippen molar-refractivity contribution in [3.05, 3.63) is 60.2 Å². The van der Waals surface area contributed by atoms with Gasteiger partial charge in [0.25, 0.3) is 0 Å². The standard InChI is InChI=1S/C16H18.C2H3O3Si/c1-2-3-9-14-12-7-8-13-16(14)15-10-5-4-6-11-15;3-2(4)1-5-6/h4-8,10-13H,2-3,9H2,1H3;1H2,(H,3,4). The van der Waals surface area contributed by atoms with E-state index >= 15 is 0 Å². The monoisotopic (exact) mass is 313 g/mol. The van der Waals surface area contributed by atoms with Gasteiger partial charge in [0.2, 0.25) is 10.5 Å². The van der Waals surface area contributed by atoms with E-state index in [1.54, 1.807) is 0 Å². The van der Waals surface area contributed by atoms with Crippen molar-refractivity contribution in [2.45, 2.75) is 26.2 Å². The first-order chi connectivity index (χ1) is 10.7. The lowest BCUT2D eigenvalue weighted by Gasteiger charge is -2.08. The second kappa shape index (κ2) is 10.8. The normalized spacial score (nSPS) is 9.73. The number of hydrogen-bond donors (Lipinski definition) is 1. The van der Waals surface area contributed by atoms with Crippen LogP contribution >= 0.6 is 0 Å². The molecular weight excluding hydrogens is 292 g/mol. The summed E-state index contributed by atoms with van der Waals surface area (Å²) in [4.78, 5) is 9.44. The zero-order chi connectivity index (χ0) is 16.2. The Kier molecular flexibility index (Phi) is 8.87. The van der Waals surface area contributed by atoms with Crippen LogP contribution in [0.5, 0.6) is 0 Å². The number of carbonyl (C=O) groups is 1. The van der Waals surface area contributed by atoms with E-state index in [4.69, 9.17) is 5.11 Å². The van der Waals surface area contributed by atoms with Crippen molar-refractivity contribution in [2.24, 2.45) is 0 Å². The molecule has 0 amide bonds. The maximum absolute atomic E-state index is 9.44. The fourth-order valence-electron chi connectivity index (χ4n) is 2.07. The number of unbranched alkanes of at least 4 members (excludes halogenated alkanes) is 1. The molecule has 0 unspecified atom stereocenters. The molecular formula is C18H21O3Si. The minimum absolute atomic E-state index is 0.295. The van der Waals surface area contributed by atoms with Gasteiger partial charge in [0.15, 0.2) is 0 Å². The van der Waals surface area contributed by atoms with Gasteiger partial charge in [0, 0.05) is 0 Å². The van der Waals surface area contributed by atoms with Gasteiger partial charge in [0.1, 0.15) is 6.61 Å². The third kappa shape index (κ3) is 6.69. The van der Waals surface area contributed by atoms with Crippen LogP contribution in [-0.4, -0.2) is 28.2 Å². The van der Waals surface area contributed by atoms with Gasteiger partial charge in [-0.15, -0.1) is 0 Å². The molecule has 22 heavy (non-hydrogen) atoms. The molecule has 115 valence electrons. The quantitative estimate of drug-likeness (QED) is 0.824. The van der Waals surface area contributed by atoms with Gasteiger partial charge in [-0.2, -0.15) is 0 Å². The summed E-state index contributed by atoms with van der Waals surface area (Å²) in [7, 11) is 2.51. The molecule has 0 aromatic heterocycles. The highest BCUT2D eigenvalue weighted by atomic mass is 28.2. The van der Waals surface area contributed by atoms with E-state index in [-0.39, 0.29) is 6.61 Å². The molecule has 2 aromatic carbocycles. The van der Waals surface area contributed by atoms with Gasteiger partial charge in [0.05, 0.1) is 0 Å². The average molecular weight is 313 g/mol. The lowest BCUT2D eigenvalue weighted by Crippen LogP contribution is -2.03. The number of rotatable bonds is 6. The number of carboxylic acid groups (broad SMARTS) is 1. The molecule has 0 saturated carbocycles. The highest BCUT2D eigenvalue weighted by Gasteiger charge is 2.02. The van der Waals surface area contributed by atoms with Crippen LogP contribution in [0, 0.1) is 0 Å². The molecule has 0 spiro atoms. The Labute approximate surface area is 135 Å². The van der Waals surface area contributed by atoms with E-state index in [1.807, 2.05) is 0 Å². The van der Waals surface area contributed by atoms with E-state index in [9.17, 15) is 4.79 Å². The highest BCUT2D eigenvalue weighted by molar-refractivity contribution is 5.99. The van der Waals surface area contributed by atoms with Gasteiger partial charge in [-0.05, 0) is 29.5 Å². The molecule has 0 aliphatic heterocycles. The van der Waals surface area contributed by atoms with Crippen LogP contribution in [0.15, 0.2) is 54.6 Å². The van der Waals surface area contributed by atoms with Crippen LogP contribution in [-0.2, 0) is 15.6 Å². The molecule has 0 atom stereocenters. The van der Waals surface area contributed by atoms with Gasteiger partial charge in [-0.1, -0.05) is 67.9 Å². The first-order valence-electron chi connectivity index (χ1n) is 7.32. The lowest BCUT2D eigenvalue weighted by atomic mass is 9.96. The van der Waals surface area contributed by atoms with Crippen LogP contribution < -0.4 is 0 Å². The van der Waals surface area contributed by atoms with Crippen molar-refractivity contribution in [3.8, 4) is 11.1 Å². The topological polar surface area (TPSA) is 46.5 Å². The van der Waals surface area contributed by atoms with Crippen molar-refractivity contribution in [1.82, 2.24) is 0 Å². The first-order valence-corrected chi connectivity index (χ1v) is 7.73. The highest BCUT2D eigenvalue weighted by Crippen LogP contribution is 2.24. The Bertz CT molecular complexity index is 555. The van der Waals surface area contributed by atoms with Crippen LogP contribution in [0.3, 0.4) is 0 Å². The second-order valence-corrected chi connectivity index (χ2v) is 5.10. The Morgan fingerprint density at radius 1 is 1.09 bits per heavy atom. The van der Waals surface area contributed by atoms with E-state index in [0.717, 1.165) is 0 Å². The molecule has 2 aromatic rings. The van der Waals surface area contributed by atoms with Crippen molar-refractivity contribution < 1.29 is 14.3 Å². The van der Waals surface area contributed by atoms with Gasteiger partial charge in [-0.25, -0.2) is 4.79 Å². The molecule has 0 saturated heterocycles. The molecule has 0 aliphatic carbocycles. The van der Waals surface area contributed by atoms with Gasteiger partial charge < -0.3 is 9.53 Å². The van der Waals surface area contributed by atoms with Crippen molar-refractivity contribution >= 4 is 16.5 Å². The molecule has 0 aliphatic rings. The third-order valence-electron chi connectivity index (χ3n) is 3.10. The molecule has 0 heterocycles. The number of aliphatic carboxylic acids is 1. The lowest BCUT2D eigenvalue weighted by molar-refractivity contribution is -0.139. The number of carboxylic acids is 1. The largest absolute Gasteiger partial charge is 0.480 e. The van der Waals surface area contributed by atoms with Crippen molar-refractivity contribution in [3.63, 3.8) is 0 Å². The molecule has 3 radical (unpaired) electrons. The van der Waals surface area contributed by atoms with Gasteiger partial charge >= 0.3 is 5.97 Å². The summed E-state index contributed by atoms with van der Waals surface area (Å²) >= 11 is 0. The number of hydrogen-bond acceptors (Lipinski definition) is 2. The number of aryl methyl sites for hydroxylation is 1. The Morgan fingerprint density at radius 2 is 1.73 bits per heavy atom. The predicted molar refractivity (Wildman–Crippen MR) is 89.8 cm³/mol. The summed E-state index contributed by atoms with van der Waals surface area (Å²) in [6.07, 6.45) is 3.70. The van der Waals surface area contributed by atoms with E-state index < -0.39 is 5.97 Å². The molecule has 1 N–H and O–H groups in total. The van der Waals surface area contributed by atoms with E-state index in [0.29, 0.717) is 0 Å². The summed E-state index contributed by atoms with van der Waals surface area (Å²) in [6.45, 7) is 1.95. The molecule has 3 nitrogen and oxygen atoms in total. The summed E-state index contributed by atoms with van der Waals surface area (Å²) < 4.78 is 4.01. The number of benzene rings is 2. The summed E-state index contributed by atoms with van der Waals surface area (Å²) in [5, 5.41) is 7.76. The van der Waals surface area contributed by atoms with E-state index in [1.165, 1.54) is 36.0 Å². The van der Waals surface area contributed by atoms with Crippen molar-refractivity contribution in [2.75, 3.05) is 6.61 Å². The Balaban J connectivity index is 0.000000346. The third-order valence-corrected chi connectivity index (χ3v) is 3.24. The SMILES string of the molecule is CCCCc1ccccc1-c1ccccc1.O=C(O)CO[Si]. The zero-order valence-corrected chi connectivity index (χ0v) is 13.8.